The van der Waals surface area contributed by atoms with Crippen LogP contribution >= 0.6 is 0 Å². The number of aryl methyl sites for hydroxylation is 6. The summed E-state index contributed by atoms with van der Waals surface area (Å²) in [6.07, 6.45) is 0. The molecule has 0 unspecified atom stereocenters. The molecule has 2 aromatic carbocycles. The molecule has 146 valence electrons. The Labute approximate surface area is 162 Å². The van der Waals surface area contributed by atoms with Crippen molar-refractivity contribution in [3.8, 4) is 0 Å². The Morgan fingerprint density at radius 2 is 0.731 bits per heavy atom. The number of rotatable bonds is 5. The summed E-state index contributed by atoms with van der Waals surface area (Å²) in [6.45, 7) is 22.8. The van der Waals surface area contributed by atoms with Gasteiger partial charge in [-0.1, -0.05) is 63.1 Å². The molecule has 2 heteroatoms. The molecule has 0 heterocycles. The molecule has 0 aliphatic carbocycles. The smallest absolute Gasteiger partial charge is 0.0400 e. The van der Waals surface area contributed by atoms with Gasteiger partial charge < -0.3 is 10.6 Å². The fraction of sp³-hybridized carbons (Fsp3) is 0.500. The topological polar surface area (TPSA) is 24.1 Å². The Bertz CT molecular complexity index is 566. The van der Waals surface area contributed by atoms with E-state index >= 15 is 0 Å². The Morgan fingerprint density at radius 1 is 0.500 bits per heavy atom. The van der Waals surface area contributed by atoms with Crippen molar-refractivity contribution in [2.75, 3.05) is 23.7 Å². The molecule has 0 amide bonds. The number of benzene rings is 2. The van der Waals surface area contributed by atoms with Gasteiger partial charge in [-0.05, 0) is 63.8 Å². The molecule has 2 rings (SSSR count). The van der Waals surface area contributed by atoms with E-state index in [-0.39, 0.29) is 0 Å². The zero-order valence-electron chi connectivity index (χ0n) is 18.7. The fourth-order valence-corrected chi connectivity index (χ4v) is 3.29. The van der Waals surface area contributed by atoms with Crippen molar-refractivity contribution in [3.05, 3.63) is 57.6 Å². The van der Waals surface area contributed by atoms with Crippen molar-refractivity contribution >= 4 is 11.4 Å². The molecule has 0 radical (unpaired) electrons. The van der Waals surface area contributed by atoms with Crippen LogP contribution in [0.3, 0.4) is 0 Å². The third-order valence-electron chi connectivity index (χ3n) is 4.08. The Kier molecular flexibility index (Phi) is 11.5. The zero-order valence-corrected chi connectivity index (χ0v) is 18.7. The summed E-state index contributed by atoms with van der Waals surface area (Å²) in [5.74, 6) is 0. The van der Waals surface area contributed by atoms with Gasteiger partial charge in [0.1, 0.15) is 0 Å². The minimum Gasteiger partial charge on any atom is -0.383 e. The average Bonchev–Trinajstić information content (AvgIpc) is 2.58. The third kappa shape index (κ3) is 7.11. The molecule has 0 atom stereocenters. The number of hydrogen-bond acceptors (Lipinski definition) is 2. The van der Waals surface area contributed by atoms with E-state index in [9.17, 15) is 0 Å². The SMILES string of the molecule is CC.CC.Cc1cc(C)c(NCCNc2c(C)cc(C)cc2C)c(C)c1. The second-order valence-corrected chi connectivity index (χ2v) is 6.40. The summed E-state index contributed by atoms with van der Waals surface area (Å²) >= 11 is 0. The minimum absolute atomic E-state index is 0.914. The van der Waals surface area contributed by atoms with E-state index in [1.165, 1.54) is 44.8 Å². The molecule has 26 heavy (non-hydrogen) atoms. The van der Waals surface area contributed by atoms with Gasteiger partial charge in [-0.25, -0.2) is 0 Å². The van der Waals surface area contributed by atoms with E-state index in [4.69, 9.17) is 0 Å². The lowest BCUT2D eigenvalue weighted by Crippen LogP contribution is -2.16. The molecule has 2 nitrogen and oxygen atoms in total. The maximum Gasteiger partial charge on any atom is 0.0400 e. The van der Waals surface area contributed by atoms with Gasteiger partial charge in [-0.3, -0.25) is 0 Å². The first-order valence-corrected chi connectivity index (χ1v) is 10.0. The van der Waals surface area contributed by atoms with E-state index in [0.29, 0.717) is 0 Å². The highest BCUT2D eigenvalue weighted by atomic mass is 15.0. The van der Waals surface area contributed by atoms with Crippen LogP contribution < -0.4 is 10.6 Å². The van der Waals surface area contributed by atoms with Gasteiger partial charge >= 0.3 is 0 Å². The molecule has 0 spiro atoms. The minimum atomic E-state index is 0.914. The molecule has 2 N–H and O–H groups in total. The number of nitrogens with one attached hydrogen (secondary N) is 2. The van der Waals surface area contributed by atoms with Crippen LogP contribution in [0.25, 0.3) is 0 Å². The third-order valence-corrected chi connectivity index (χ3v) is 4.08. The van der Waals surface area contributed by atoms with Crippen LogP contribution in [0.1, 0.15) is 61.1 Å². The lowest BCUT2D eigenvalue weighted by Gasteiger charge is -2.17. The van der Waals surface area contributed by atoms with Crippen LogP contribution in [0.2, 0.25) is 0 Å². The average molecular weight is 357 g/mol. The Morgan fingerprint density at radius 3 is 0.962 bits per heavy atom. The van der Waals surface area contributed by atoms with Crippen molar-refractivity contribution in [3.63, 3.8) is 0 Å². The van der Waals surface area contributed by atoms with Crippen LogP contribution in [-0.2, 0) is 0 Å². The van der Waals surface area contributed by atoms with Crippen molar-refractivity contribution < 1.29 is 0 Å². The van der Waals surface area contributed by atoms with Crippen molar-refractivity contribution in [1.82, 2.24) is 0 Å². The van der Waals surface area contributed by atoms with Gasteiger partial charge in [0.05, 0.1) is 0 Å². The van der Waals surface area contributed by atoms with Crippen molar-refractivity contribution in [1.29, 1.82) is 0 Å². The quantitative estimate of drug-likeness (QED) is 0.558. The summed E-state index contributed by atoms with van der Waals surface area (Å²) in [5.41, 5.74) is 10.5. The molecule has 0 fully saturated rings. The van der Waals surface area contributed by atoms with Gasteiger partial charge in [0.2, 0.25) is 0 Å². The summed E-state index contributed by atoms with van der Waals surface area (Å²) in [5, 5.41) is 7.13. The summed E-state index contributed by atoms with van der Waals surface area (Å²) in [4.78, 5) is 0. The maximum absolute atomic E-state index is 3.57. The van der Waals surface area contributed by atoms with Crippen LogP contribution in [0.5, 0.6) is 0 Å². The first kappa shape index (κ1) is 24.0. The van der Waals surface area contributed by atoms with E-state index in [2.05, 4.69) is 76.4 Å². The lowest BCUT2D eigenvalue weighted by atomic mass is 10.0. The van der Waals surface area contributed by atoms with Crippen LogP contribution in [0.15, 0.2) is 24.3 Å². The number of hydrogen-bond donors (Lipinski definition) is 2. The standard InChI is InChI=1S/C20H28N2.2C2H6/c1-13-9-15(3)19(16(4)10-13)21-7-8-22-20-17(5)11-14(2)12-18(20)6;2*1-2/h9-12,21-22H,7-8H2,1-6H3;2*1-2H3. The summed E-state index contributed by atoms with van der Waals surface area (Å²) in [6, 6.07) is 8.93. The van der Waals surface area contributed by atoms with Crippen LogP contribution in [0, 0.1) is 41.5 Å². The van der Waals surface area contributed by atoms with E-state index in [1.54, 1.807) is 0 Å². The lowest BCUT2D eigenvalue weighted by molar-refractivity contribution is 1.06. The van der Waals surface area contributed by atoms with Gasteiger partial charge in [-0.2, -0.15) is 0 Å². The molecule has 0 aliphatic rings. The highest BCUT2D eigenvalue weighted by Gasteiger charge is 2.05. The van der Waals surface area contributed by atoms with E-state index < -0.39 is 0 Å². The van der Waals surface area contributed by atoms with Gasteiger partial charge in [0.15, 0.2) is 0 Å². The predicted molar refractivity (Wildman–Crippen MR) is 121 cm³/mol. The maximum atomic E-state index is 3.57. The number of anilines is 2. The Hall–Kier alpha value is -1.96. The predicted octanol–water partition coefficient (Wildman–Crippen LogP) is 7.11. The second kappa shape index (κ2) is 12.4. The molecular formula is C24H40N2. The largest absolute Gasteiger partial charge is 0.383 e. The summed E-state index contributed by atoms with van der Waals surface area (Å²) < 4.78 is 0. The first-order chi connectivity index (χ1) is 12.4. The molecule has 0 aliphatic heterocycles. The molecule has 0 bridgehead atoms. The summed E-state index contributed by atoms with van der Waals surface area (Å²) in [7, 11) is 0. The van der Waals surface area contributed by atoms with E-state index in [0.717, 1.165) is 13.1 Å². The zero-order chi connectivity index (χ0) is 20.3. The van der Waals surface area contributed by atoms with Gasteiger partial charge in [-0.15, -0.1) is 0 Å². The van der Waals surface area contributed by atoms with Gasteiger partial charge in [0.25, 0.3) is 0 Å². The van der Waals surface area contributed by atoms with E-state index in [1.807, 2.05) is 27.7 Å². The van der Waals surface area contributed by atoms with Crippen LogP contribution in [0.4, 0.5) is 11.4 Å². The second-order valence-electron chi connectivity index (χ2n) is 6.40. The molecule has 2 aromatic rings. The van der Waals surface area contributed by atoms with Gasteiger partial charge in [0, 0.05) is 24.5 Å². The molecule has 0 saturated heterocycles. The first-order valence-electron chi connectivity index (χ1n) is 10.0. The van der Waals surface area contributed by atoms with Crippen molar-refractivity contribution in [2.24, 2.45) is 0 Å². The normalized spacial score (nSPS) is 9.46. The highest BCUT2D eigenvalue weighted by Crippen LogP contribution is 2.23. The Balaban J connectivity index is 0.00000146. The molecule has 0 saturated carbocycles. The van der Waals surface area contributed by atoms with Crippen molar-refractivity contribution in [2.45, 2.75) is 69.2 Å². The highest BCUT2D eigenvalue weighted by molar-refractivity contribution is 5.60. The fourth-order valence-electron chi connectivity index (χ4n) is 3.29. The molecule has 0 aromatic heterocycles. The molecular weight excluding hydrogens is 316 g/mol. The van der Waals surface area contributed by atoms with Crippen LogP contribution in [-0.4, -0.2) is 13.1 Å². The monoisotopic (exact) mass is 356 g/mol.